The number of pyridine rings is 1. The molecule has 0 atom stereocenters. The number of halogens is 1. The second-order valence-corrected chi connectivity index (χ2v) is 11.8. The van der Waals surface area contributed by atoms with E-state index in [2.05, 4.69) is 10.2 Å². The van der Waals surface area contributed by atoms with Gasteiger partial charge in [0.25, 0.3) is 5.91 Å². The Balaban J connectivity index is 1.19. The van der Waals surface area contributed by atoms with Gasteiger partial charge in [0.15, 0.2) is 5.78 Å². The van der Waals surface area contributed by atoms with E-state index in [0.29, 0.717) is 34.8 Å². The molecule has 44 heavy (non-hydrogen) atoms. The van der Waals surface area contributed by atoms with Gasteiger partial charge in [-0.15, -0.1) is 11.3 Å². The monoisotopic (exact) mass is 598 g/mol. The molecule has 1 amide bonds. The third kappa shape index (κ3) is 5.03. The Morgan fingerprint density at radius 2 is 1.73 bits per heavy atom. The van der Waals surface area contributed by atoms with Crippen molar-refractivity contribution >= 4 is 28.7 Å². The number of ketones is 1. The molecular weight excluding hydrogens is 571 g/mol. The maximum atomic E-state index is 14.5. The molecular formula is C36H27FN4O2S. The quantitative estimate of drug-likeness (QED) is 0.197. The molecule has 4 heterocycles. The Bertz CT molecular complexity index is 2010. The van der Waals surface area contributed by atoms with Gasteiger partial charge in [-0.05, 0) is 60.4 Å². The van der Waals surface area contributed by atoms with Crippen LogP contribution in [0.25, 0.3) is 33.0 Å². The van der Waals surface area contributed by atoms with E-state index >= 15 is 0 Å². The number of carbonyl (C=O) groups excluding carboxylic acids is 2. The molecule has 0 spiro atoms. The third-order valence-electron chi connectivity index (χ3n) is 8.01. The molecule has 0 radical (unpaired) electrons. The molecule has 8 heteroatoms. The second kappa shape index (κ2) is 11.5. The first-order valence-electron chi connectivity index (χ1n) is 14.4. The number of nitrogens with zero attached hydrogens (tertiary/aromatic N) is 3. The highest BCUT2D eigenvalue weighted by atomic mass is 32.1. The van der Waals surface area contributed by atoms with E-state index in [9.17, 15) is 14.0 Å². The van der Waals surface area contributed by atoms with Crippen LogP contribution in [0.5, 0.6) is 0 Å². The second-order valence-electron chi connectivity index (χ2n) is 10.8. The summed E-state index contributed by atoms with van der Waals surface area (Å²) in [6, 6.07) is 29.9. The first-order valence-corrected chi connectivity index (χ1v) is 15.2. The number of Topliss-reactive ketones (excluding diaryl/α,β-unsaturated/α-hetero) is 1. The Kier molecular flexibility index (Phi) is 7.20. The fourth-order valence-electron chi connectivity index (χ4n) is 5.73. The molecule has 0 fully saturated rings. The first-order chi connectivity index (χ1) is 21.5. The molecule has 3 aromatic carbocycles. The molecule has 0 saturated carbocycles. The molecule has 0 unspecified atom stereocenters. The van der Waals surface area contributed by atoms with Crippen LogP contribution in [0.4, 0.5) is 10.1 Å². The van der Waals surface area contributed by atoms with Crippen LogP contribution in [0, 0.1) is 12.7 Å². The topological polar surface area (TPSA) is 79.0 Å². The first kappa shape index (κ1) is 27.6. The number of aryl methyl sites for hydroxylation is 1. The highest BCUT2D eigenvalue weighted by Crippen LogP contribution is 2.42. The molecule has 7 rings (SSSR count). The van der Waals surface area contributed by atoms with Gasteiger partial charge in [0.1, 0.15) is 11.5 Å². The number of nitrogens with one attached hydrogen (secondary N) is 1. The predicted octanol–water partition coefficient (Wildman–Crippen LogP) is 7.94. The number of amides is 1. The number of aromatic amines is 1. The number of thiophene rings is 1. The van der Waals surface area contributed by atoms with Crippen LogP contribution in [0.15, 0.2) is 103 Å². The summed E-state index contributed by atoms with van der Waals surface area (Å²) in [6.45, 7) is 2.24. The van der Waals surface area contributed by atoms with E-state index in [1.54, 1.807) is 23.2 Å². The smallest absolute Gasteiger partial charge is 0.276 e. The number of carbonyl (C=O) groups is 2. The summed E-state index contributed by atoms with van der Waals surface area (Å²) in [6.07, 6.45) is 2.30. The standard InChI is InChI=1S/C36H27FN4O2S/c1-22-9-7-13-28(37)26(22)20-32(42)33-19-24-17-18-41(31-16-6-5-12-25(31)35(24)44-33)36(43)30-15-8-14-29(39-30)27-21-38-40-34(27)23-10-3-2-4-11-23/h2-16,19,21H,17-18,20H2,1H3,(H,38,40). The fourth-order valence-corrected chi connectivity index (χ4v) is 6.91. The van der Waals surface area contributed by atoms with Crippen molar-refractivity contribution in [2.45, 2.75) is 19.8 Å². The number of anilines is 1. The van der Waals surface area contributed by atoms with Crippen molar-refractivity contribution in [3.63, 3.8) is 0 Å². The van der Waals surface area contributed by atoms with Gasteiger partial charge < -0.3 is 4.90 Å². The number of para-hydroxylation sites is 1. The van der Waals surface area contributed by atoms with Gasteiger partial charge in [-0.2, -0.15) is 5.10 Å². The normalized spacial score (nSPS) is 12.4. The Morgan fingerprint density at radius 1 is 0.932 bits per heavy atom. The lowest BCUT2D eigenvalue weighted by molar-refractivity contribution is 0.0978. The van der Waals surface area contributed by atoms with Gasteiger partial charge in [-0.3, -0.25) is 14.7 Å². The van der Waals surface area contributed by atoms with Crippen molar-refractivity contribution in [1.82, 2.24) is 15.2 Å². The van der Waals surface area contributed by atoms with Gasteiger partial charge in [-0.1, -0.05) is 66.7 Å². The van der Waals surface area contributed by atoms with Crippen molar-refractivity contribution in [2.24, 2.45) is 0 Å². The zero-order valence-corrected chi connectivity index (χ0v) is 24.7. The van der Waals surface area contributed by atoms with Crippen molar-refractivity contribution in [2.75, 3.05) is 11.4 Å². The molecule has 0 aliphatic carbocycles. The van der Waals surface area contributed by atoms with Crippen molar-refractivity contribution in [3.8, 4) is 33.0 Å². The molecule has 1 aliphatic rings. The van der Waals surface area contributed by atoms with Crippen LogP contribution in [-0.4, -0.2) is 33.4 Å². The van der Waals surface area contributed by atoms with Crippen molar-refractivity contribution in [1.29, 1.82) is 0 Å². The van der Waals surface area contributed by atoms with Crippen LogP contribution >= 0.6 is 11.3 Å². The van der Waals surface area contributed by atoms with Crippen LogP contribution < -0.4 is 4.90 Å². The number of rotatable bonds is 6. The predicted molar refractivity (Wildman–Crippen MR) is 172 cm³/mol. The fraction of sp³-hybridized carbons (Fsp3) is 0.111. The average Bonchev–Trinajstić information content (AvgIpc) is 3.69. The summed E-state index contributed by atoms with van der Waals surface area (Å²) >= 11 is 1.40. The summed E-state index contributed by atoms with van der Waals surface area (Å²) in [5.41, 5.74) is 7.45. The number of hydrogen-bond acceptors (Lipinski definition) is 5. The number of benzene rings is 3. The zero-order valence-electron chi connectivity index (χ0n) is 23.9. The lowest BCUT2D eigenvalue weighted by Crippen LogP contribution is -2.33. The summed E-state index contributed by atoms with van der Waals surface area (Å²) in [7, 11) is 0. The lowest BCUT2D eigenvalue weighted by Gasteiger charge is -2.23. The van der Waals surface area contributed by atoms with Gasteiger partial charge in [0.2, 0.25) is 0 Å². The Hall–Kier alpha value is -5.21. The largest absolute Gasteiger partial charge is 0.306 e. The van der Waals surface area contributed by atoms with Gasteiger partial charge >= 0.3 is 0 Å². The molecule has 3 aromatic heterocycles. The van der Waals surface area contributed by atoms with Gasteiger partial charge in [0.05, 0.1) is 28.1 Å². The highest BCUT2D eigenvalue weighted by Gasteiger charge is 2.28. The molecule has 1 N–H and O–H groups in total. The summed E-state index contributed by atoms with van der Waals surface area (Å²) < 4.78 is 14.5. The number of fused-ring (bicyclic) bond motifs is 3. The van der Waals surface area contributed by atoms with Crippen molar-refractivity contribution in [3.05, 3.63) is 136 Å². The van der Waals surface area contributed by atoms with Crippen molar-refractivity contribution < 1.29 is 14.0 Å². The number of aromatic nitrogens is 3. The molecule has 1 aliphatic heterocycles. The van der Waals surface area contributed by atoms with E-state index in [1.165, 1.54) is 17.4 Å². The van der Waals surface area contributed by atoms with E-state index in [4.69, 9.17) is 4.98 Å². The lowest BCUT2D eigenvalue weighted by atomic mass is 10.0. The summed E-state index contributed by atoms with van der Waals surface area (Å²) in [5, 5.41) is 7.31. The zero-order chi connectivity index (χ0) is 30.2. The van der Waals surface area contributed by atoms with E-state index in [1.807, 2.05) is 85.8 Å². The maximum absolute atomic E-state index is 14.5. The minimum absolute atomic E-state index is 0.00875. The summed E-state index contributed by atoms with van der Waals surface area (Å²) in [5.74, 6) is -0.680. The summed E-state index contributed by atoms with van der Waals surface area (Å²) in [4.78, 5) is 35.5. The van der Waals surface area contributed by atoms with E-state index < -0.39 is 0 Å². The van der Waals surface area contributed by atoms with Crippen LogP contribution in [0.2, 0.25) is 0 Å². The van der Waals surface area contributed by atoms with E-state index in [-0.39, 0.29) is 23.9 Å². The minimum Gasteiger partial charge on any atom is -0.306 e. The molecule has 6 nitrogen and oxygen atoms in total. The molecule has 0 saturated heterocycles. The third-order valence-corrected chi connectivity index (χ3v) is 9.26. The average molecular weight is 599 g/mol. The Labute approximate surface area is 257 Å². The molecule has 216 valence electrons. The molecule has 6 aromatic rings. The van der Waals surface area contributed by atoms with Gasteiger partial charge in [-0.25, -0.2) is 9.37 Å². The number of hydrogen-bond donors (Lipinski definition) is 1. The van der Waals surface area contributed by atoms with Crippen LogP contribution in [0.1, 0.15) is 36.9 Å². The molecule has 0 bridgehead atoms. The number of H-pyrrole nitrogens is 1. The van der Waals surface area contributed by atoms with Crippen LogP contribution in [-0.2, 0) is 12.8 Å². The van der Waals surface area contributed by atoms with E-state index in [0.717, 1.165) is 44.1 Å². The highest BCUT2D eigenvalue weighted by molar-refractivity contribution is 7.17. The Morgan fingerprint density at radius 3 is 2.57 bits per heavy atom. The maximum Gasteiger partial charge on any atom is 0.276 e. The SMILES string of the molecule is Cc1cccc(F)c1CC(=O)c1cc2c(s1)-c1ccccc1N(C(=O)c1cccc(-c3cn[nH]c3-c3ccccc3)n1)CC2. The van der Waals surface area contributed by atoms with Crippen LogP contribution in [0.3, 0.4) is 0 Å². The van der Waals surface area contributed by atoms with Gasteiger partial charge in [0, 0.05) is 34.5 Å². The minimum atomic E-state index is -0.363.